The van der Waals surface area contributed by atoms with Crippen molar-refractivity contribution in [2.45, 2.75) is 6.54 Å². The molecule has 0 radical (unpaired) electrons. The maximum atomic E-state index is 13.5. The average molecular weight is 257 g/mol. The van der Waals surface area contributed by atoms with Crippen molar-refractivity contribution in [2.75, 3.05) is 0 Å². The van der Waals surface area contributed by atoms with Crippen molar-refractivity contribution in [3.8, 4) is 11.1 Å². The monoisotopic (exact) mass is 257 g/mol. The molecule has 0 unspecified atom stereocenters. The molecule has 18 heavy (non-hydrogen) atoms. The molecule has 0 saturated heterocycles. The first-order valence-corrected chi connectivity index (χ1v) is 6.62. The number of fused-ring (bicyclic) bond motifs is 1. The van der Waals surface area contributed by atoms with Crippen LogP contribution in [0.1, 0.15) is 5.56 Å². The van der Waals surface area contributed by atoms with E-state index in [1.165, 1.54) is 16.2 Å². The highest BCUT2D eigenvalue weighted by molar-refractivity contribution is 7.17. The molecule has 1 aromatic heterocycles. The highest BCUT2D eigenvalue weighted by Crippen LogP contribution is 2.33. The largest absolute Gasteiger partial charge is 0.326 e. The second kappa shape index (κ2) is 4.52. The van der Waals surface area contributed by atoms with Gasteiger partial charge in [-0.2, -0.15) is 0 Å². The van der Waals surface area contributed by atoms with E-state index in [1.54, 1.807) is 11.3 Å². The SMILES string of the molecule is NCc1cc(-c2cccc3ccsc23)ccc1F. The van der Waals surface area contributed by atoms with Gasteiger partial charge in [0.1, 0.15) is 5.82 Å². The smallest absolute Gasteiger partial charge is 0.127 e. The fourth-order valence-corrected chi connectivity index (χ4v) is 3.05. The molecule has 0 aliphatic rings. The van der Waals surface area contributed by atoms with Crippen LogP contribution in [0.2, 0.25) is 0 Å². The summed E-state index contributed by atoms with van der Waals surface area (Å²) in [4.78, 5) is 0. The van der Waals surface area contributed by atoms with E-state index in [1.807, 2.05) is 18.2 Å². The fraction of sp³-hybridized carbons (Fsp3) is 0.0667. The zero-order valence-corrected chi connectivity index (χ0v) is 10.5. The zero-order valence-electron chi connectivity index (χ0n) is 9.69. The Morgan fingerprint density at radius 2 is 2.00 bits per heavy atom. The maximum Gasteiger partial charge on any atom is 0.127 e. The van der Waals surface area contributed by atoms with Crippen molar-refractivity contribution in [2.24, 2.45) is 5.73 Å². The Labute approximate surface area is 109 Å². The maximum absolute atomic E-state index is 13.5. The molecule has 0 aliphatic heterocycles. The van der Waals surface area contributed by atoms with E-state index in [4.69, 9.17) is 5.73 Å². The zero-order chi connectivity index (χ0) is 12.5. The van der Waals surface area contributed by atoms with Crippen molar-refractivity contribution in [3.05, 3.63) is 59.2 Å². The molecule has 0 amide bonds. The highest BCUT2D eigenvalue weighted by Gasteiger charge is 2.07. The molecule has 0 fully saturated rings. The summed E-state index contributed by atoms with van der Waals surface area (Å²) in [5.41, 5.74) is 8.26. The van der Waals surface area contributed by atoms with Crippen LogP contribution in [0.3, 0.4) is 0 Å². The first-order valence-electron chi connectivity index (χ1n) is 5.74. The minimum atomic E-state index is -0.236. The van der Waals surface area contributed by atoms with Gasteiger partial charge in [0.25, 0.3) is 0 Å². The lowest BCUT2D eigenvalue weighted by Crippen LogP contribution is -1.99. The van der Waals surface area contributed by atoms with Gasteiger partial charge < -0.3 is 5.73 Å². The van der Waals surface area contributed by atoms with Gasteiger partial charge in [0.05, 0.1) is 0 Å². The molecule has 1 nitrogen and oxygen atoms in total. The summed E-state index contributed by atoms with van der Waals surface area (Å²) >= 11 is 1.70. The molecular formula is C15H12FNS. The number of rotatable bonds is 2. The standard InChI is InChI=1S/C15H12FNS/c16-14-5-4-11(8-12(14)9-17)13-3-1-2-10-6-7-18-15(10)13/h1-8H,9,17H2. The van der Waals surface area contributed by atoms with E-state index in [0.717, 1.165) is 11.1 Å². The average Bonchev–Trinajstić information content (AvgIpc) is 2.87. The number of thiophene rings is 1. The Balaban J connectivity index is 2.23. The quantitative estimate of drug-likeness (QED) is 0.732. The molecule has 0 spiro atoms. The van der Waals surface area contributed by atoms with Crippen molar-refractivity contribution >= 4 is 21.4 Å². The van der Waals surface area contributed by atoms with Gasteiger partial charge in [0.15, 0.2) is 0 Å². The van der Waals surface area contributed by atoms with E-state index >= 15 is 0 Å². The molecule has 3 rings (SSSR count). The molecule has 2 aromatic carbocycles. The summed E-state index contributed by atoms with van der Waals surface area (Å²) in [6.45, 7) is 0.222. The number of halogens is 1. The van der Waals surface area contributed by atoms with E-state index in [2.05, 4.69) is 23.6 Å². The van der Waals surface area contributed by atoms with Crippen molar-refractivity contribution in [1.29, 1.82) is 0 Å². The Morgan fingerprint density at radius 1 is 1.11 bits per heavy atom. The normalized spacial score (nSPS) is 11.0. The highest BCUT2D eigenvalue weighted by atomic mass is 32.1. The van der Waals surface area contributed by atoms with Crippen molar-refractivity contribution in [3.63, 3.8) is 0 Å². The molecule has 0 aliphatic carbocycles. The molecule has 0 atom stereocenters. The molecule has 90 valence electrons. The van der Waals surface area contributed by atoms with E-state index < -0.39 is 0 Å². The number of nitrogens with two attached hydrogens (primary N) is 1. The molecule has 0 bridgehead atoms. The van der Waals surface area contributed by atoms with Crippen LogP contribution in [0.5, 0.6) is 0 Å². The van der Waals surface area contributed by atoms with E-state index in [-0.39, 0.29) is 12.4 Å². The summed E-state index contributed by atoms with van der Waals surface area (Å²) in [5, 5.41) is 3.29. The van der Waals surface area contributed by atoms with Gasteiger partial charge in [0, 0.05) is 16.8 Å². The summed E-state index contributed by atoms with van der Waals surface area (Å²) in [6.07, 6.45) is 0. The van der Waals surface area contributed by atoms with Crippen LogP contribution >= 0.6 is 11.3 Å². The van der Waals surface area contributed by atoms with Crippen LogP contribution in [-0.2, 0) is 6.54 Å². The summed E-state index contributed by atoms with van der Waals surface area (Å²) in [6, 6.07) is 13.4. The lowest BCUT2D eigenvalue weighted by atomic mass is 10.0. The fourth-order valence-electron chi connectivity index (χ4n) is 2.12. The minimum absolute atomic E-state index is 0.222. The Bertz CT molecular complexity index is 703. The van der Waals surface area contributed by atoms with Gasteiger partial charge >= 0.3 is 0 Å². The first kappa shape index (κ1) is 11.4. The van der Waals surface area contributed by atoms with Gasteiger partial charge in [-0.15, -0.1) is 11.3 Å². The third kappa shape index (κ3) is 1.82. The lowest BCUT2D eigenvalue weighted by molar-refractivity contribution is 0.611. The Kier molecular flexibility index (Phi) is 2.86. The molecular weight excluding hydrogens is 245 g/mol. The van der Waals surface area contributed by atoms with Crippen LogP contribution in [0.4, 0.5) is 4.39 Å². The van der Waals surface area contributed by atoms with Gasteiger partial charge in [-0.05, 0) is 40.1 Å². The second-order valence-corrected chi connectivity index (χ2v) is 5.07. The van der Waals surface area contributed by atoms with Crippen molar-refractivity contribution in [1.82, 2.24) is 0 Å². The minimum Gasteiger partial charge on any atom is -0.326 e. The summed E-state index contributed by atoms with van der Waals surface area (Å²) < 4.78 is 14.7. The third-order valence-electron chi connectivity index (χ3n) is 3.06. The third-order valence-corrected chi connectivity index (χ3v) is 4.02. The molecule has 3 heteroatoms. The van der Waals surface area contributed by atoms with Gasteiger partial charge in [-0.3, -0.25) is 0 Å². The predicted molar refractivity (Wildman–Crippen MR) is 75.1 cm³/mol. The van der Waals surface area contributed by atoms with Crippen molar-refractivity contribution < 1.29 is 4.39 Å². The van der Waals surface area contributed by atoms with E-state index in [9.17, 15) is 4.39 Å². The molecule has 1 heterocycles. The lowest BCUT2D eigenvalue weighted by Gasteiger charge is -2.06. The summed E-state index contributed by atoms with van der Waals surface area (Å²) in [5.74, 6) is -0.236. The van der Waals surface area contributed by atoms with Gasteiger partial charge in [-0.1, -0.05) is 24.3 Å². The molecule has 2 N–H and O–H groups in total. The number of hydrogen-bond donors (Lipinski definition) is 1. The van der Waals surface area contributed by atoms with Crippen LogP contribution in [0, 0.1) is 5.82 Å². The van der Waals surface area contributed by atoms with Gasteiger partial charge in [-0.25, -0.2) is 4.39 Å². The van der Waals surface area contributed by atoms with E-state index in [0.29, 0.717) is 5.56 Å². The Hall–Kier alpha value is -1.71. The first-order chi connectivity index (χ1) is 8.79. The summed E-state index contributed by atoms with van der Waals surface area (Å²) in [7, 11) is 0. The molecule has 3 aromatic rings. The van der Waals surface area contributed by atoms with Crippen LogP contribution < -0.4 is 5.73 Å². The van der Waals surface area contributed by atoms with Crippen LogP contribution in [0.15, 0.2) is 47.8 Å². The number of hydrogen-bond acceptors (Lipinski definition) is 2. The molecule has 0 saturated carbocycles. The predicted octanol–water partition coefficient (Wildman–Crippen LogP) is 4.17. The van der Waals surface area contributed by atoms with Crippen LogP contribution in [0.25, 0.3) is 21.2 Å². The van der Waals surface area contributed by atoms with Crippen LogP contribution in [-0.4, -0.2) is 0 Å². The van der Waals surface area contributed by atoms with Gasteiger partial charge in [0.2, 0.25) is 0 Å². The topological polar surface area (TPSA) is 26.0 Å². The number of benzene rings is 2. The Morgan fingerprint density at radius 3 is 2.83 bits per heavy atom. The second-order valence-electron chi connectivity index (χ2n) is 4.15.